The van der Waals surface area contributed by atoms with Crippen LogP contribution in [0.3, 0.4) is 0 Å². The monoisotopic (exact) mass is 298 g/mol. The van der Waals surface area contributed by atoms with Gasteiger partial charge in [-0.25, -0.2) is 0 Å². The van der Waals surface area contributed by atoms with E-state index in [4.69, 9.17) is 26.8 Å². The maximum atomic E-state index is 6.22. The van der Waals surface area contributed by atoms with Gasteiger partial charge in [-0.1, -0.05) is 24.6 Å². The number of morpholine rings is 1. The second-order valence-electron chi connectivity index (χ2n) is 5.18. The third kappa shape index (κ3) is 4.09. The average molecular weight is 299 g/mol. The SMILES string of the molecule is CCN1CCOC(COc2ccc([C@H](C)N)cc2Cl)C1. The lowest BCUT2D eigenvalue weighted by Crippen LogP contribution is -2.44. The number of hydrogen-bond donors (Lipinski definition) is 1. The first-order valence-electron chi connectivity index (χ1n) is 7.12. The van der Waals surface area contributed by atoms with E-state index in [0.29, 0.717) is 17.4 Å². The molecule has 1 fully saturated rings. The minimum absolute atomic E-state index is 0.0265. The van der Waals surface area contributed by atoms with Gasteiger partial charge in [0.05, 0.1) is 11.6 Å². The Bertz CT molecular complexity index is 440. The fourth-order valence-electron chi connectivity index (χ4n) is 2.27. The van der Waals surface area contributed by atoms with Crippen LogP contribution in [0.15, 0.2) is 18.2 Å². The molecular formula is C15H23ClN2O2. The van der Waals surface area contributed by atoms with Crippen molar-refractivity contribution in [2.24, 2.45) is 5.73 Å². The highest BCUT2D eigenvalue weighted by molar-refractivity contribution is 6.32. The van der Waals surface area contributed by atoms with Crippen LogP contribution in [0, 0.1) is 0 Å². The Balaban J connectivity index is 1.90. The van der Waals surface area contributed by atoms with E-state index in [0.717, 1.165) is 31.8 Å². The van der Waals surface area contributed by atoms with Gasteiger partial charge in [0.25, 0.3) is 0 Å². The van der Waals surface area contributed by atoms with Crippen LogP contribution < -0.4 is 10.5 Å². The summed E-state index contributed by atoms with van der Waals surface area (Å²) in [7, 11) is 0. The van der Waals surface area contributed by atoms with Gasteiger partial charge in [0, 0.05) is 19.1 Å². The lowest BCUT2D eigenvalue weighted by molar-refractivity contribution is -0.0463. The number of halogens is 1. The number of rotatable bonds is 5. The normalized spacial score (nSPS) is 21.7. The third-order valence-corrected chi connectivity index (χ3v) is 3.87. The molecule has 0 saturated carbocycles. The molecule has 0 aromatic heterocycles. The summed E-state index contributed by atoms with van der Waals surface area (Å²) < 4.78 is 11.5. The van der Waals surface area contributed by atoms with Crippen LogP contribution in [0.1, 0.15) is 25.5 Å². The molecule has 5 heteroatoms. The van der Waals surface area contributed by atoms with Crippen molar-refractivity contribution in [2.75, 3.05) is 32.8 Å². The van der Waals surface area contributed by atoms with E-state index in [1.54, 1.807) is 0 Å². The van der Waals surface area contributed by atoms with Gasteiger partial charge in [-0.15, -0.1) is 0 Å². The van der Waals surface area contributed by atoms with Crippen LogP contribution in [0.2, 0.25) is 5.02 Å². The van der Waals surface area contributed by atoms with Gasteiger partial charge in [-0.05, 0) is 31.2 Å². The molecule has 1 heterocycles. The van der Waals surface area contributed by atoms with E-state index in [9.17, 15) is 0 Å². The van der Waals surface area contributed by atoms with Crippen molar-refractivity contribution in [3.63, 3.8) is 0 Å². The van der Waals surface area contributed by atoms with Crippen LogP contribution in [0.25, 0.3) is 0 Å². The molecule has 0 amide bonds. The molecule has 4 nitrogen and oxygen atoms in total. The van der Waals surface area contributed by atoms with Crippen molar-refractivity contribution >= 4 is 11.6 Å². The van der Waals surface area contributed by atoms with Gasteiger partial charge in [-0.3, -0.25) is 4.90 Å². The topological polar surface area (TPSA) is 47.7 Å². The predicted octanol–water partition coefficient (Wildman–Crippen LogP) is 2.46. The molecule has 2 atom stereocenters. The van der Waals surface area contributed by atoms with Gasteiger partial charge >= 0.3 is 0 Å². The van der Waals surface area contributed by atoms with Crippen molar-refractivity contribution in [3.8, 4) is 5.75 Å². The molecule has 1 saturated heterocycles. The molecule has 0 spiro atoms. The van der Waals surface area contributed by atoms with Crippen molar-refractivity contribution in [2.45, 2.75) is 26.0 Å². The van der Waals surface area contributed by atoms with Crippen molar-refractivity contribution < 1.29 is 9.47 Å². The number of benzene rings is 1. The second kappa shape index (κ2) is 7.27. The van der Waals surface area contributed by atoms with Gasteiger partial charge in [0.15, 0.2) is 0 Å². The zero-order valence-corrected chi connectivity index (χ0v) is 12.9. The van der Waals surface area contributed by atoms with E-state index < -0.39 is 0 Å². The summed E-state index contributed by atoms with van der Waals surface area (Å²) >= 11 is 6.22. The fraction of sp³-hybridized carbons (Fsp3) is 0.600. The van der Waals surface area contributed by atoms with Gasteiger partial charge in [0.1, 0.15) is 18.5 Å². The first kappa shape index (κ1) is 15.6. The number of hydrogen-bond acceptors (Lipinski definition) is 4. The Morgan fingerprint density at radius 1 is 1.55 bits per heavy atom. The van der Waals surface area contributed by atoms with Crippen LogP contribution in [-0.4, -0.2) is 43.9 Å². The Kier molecular flexibility index (Phi) is 5.66. The molecule has 2 rings (SSSR count). The molecule has 0 bridgehead atoms. The number of nitrogens with two attached hydrogens (primary N) is 1. The lowest BCUT2D eigenvalue weighted by atomic mass is 10.1. The molecule has 1 aliphatic rings. The molecule has 1 aliphatic heterocycles. The molecule has 2 N–H and O–H groups in total. The maximum absolute atomic E-state index is 6.22. The zero-order chi connectivity index (χ0) is 14.5. The van der Waals surface area contributed by atoms with Gasteiger partial charge in [-0.2, -0.15) is 0 Å². The van der Waals surface area contributed by atoms with Crippen LogP contribution in [0.5, 0.6) is 5.75 Å². The second-order valence-corrected chi connectivity index (χ2v) is 5.58. The molecule has 1 aromatic carbocycles. The number of nitrogens with zero attached hydrogens (tertiary/aromatic N) is 1. The smallest absolute Gasteiger partial charge is 0.138 e. The Morgan fingerprint density at radius 3 is 3.00 bits per heavy atom. The highest BCUT2D eigenvalue weighted by Crippen LogP contribution is 2.27. The summed E-state index contributed by atoms with van der Waals surface area (Å²) in [5.74, 6) is 0.688. The first-order valence-corrected chi connectivity index (χ1v) is 7.49. The largest absolute Gasteiger partial charge is 0.489 e. The minimum Gasteiger partial charge on any atom is -0.489 e. The molecule has 0 aliphatic carbocycles. The summed E-state index contributed by atoms with van der Waals surface area (Å²) in [6.07, 6.45) is 0.105. The Hall–Kier alpha value is -0.810. The molecule has 1 aromatic rings. The van der Waals surface area contributed by atoms with Gasteiger partial charge < -0.3 is 15.2 Å². The minimum atomic E-state index is -0.0265. The molecule has 0 radical (unpaired) electrons. The maximum Gasteiger partial charge on any atom is 0.138 e. The quantitative estimate of drug-likeness (QED) is 0.907. The molecule has 1 unspecified atom stereocenters. The highest BCUT2D eigenvalue weighted by Gasteiger charge is 2.20. The first-order chi connectivity index (χ1) is 9.60. The van der Waals surface area contributed by atoms with Crippen molar-refractivity contribution in [1.82, 2.24) is 4.90 Å². The van der Waals surface area contributed by atoms with E-state index in [1.165, 1.54) is 0 Å². The van der Waals surface area contributed by atoms with Crippen LogP contribution in [-0.2, 0) is 4.74 Å². The summed E-state index contributed by atoms with van der Waals surface area (Å²) in [5.41, 5.74) is 6.84. The average Bonchev–Trinajstić information content (AvgIpc) is 2.46. The Labute approximate surface area is 125 Å². The fourth-order valence-corrected chi connectivity index (χ4v) is 2.51. The highest BCUT2D eigenvalue weighted by atomic mass is 35.5. The summed E-state index contributed by atoms with van der Waals surface area (Å²) in [6.45, 7) is 8.33. The molecular weight excluding hydrogens is 276 g/mol. The Morgan fingerprint density at radius 2 is 2.35 bits per heavy atom. The van der Waals surface area contributed by atoms with E-state index in [1.807, 2.05) is 25.1 Å². The summed E-state index contributed by atoms with van der Waals surface area (Å²) in [4.78, 5) is 2.36. The van der Waals surface area contributed by atoms with Crippen molar-refractivity contribution in [3.05, 3.63) is 28.8 Å². The summed E-state index contributed by atoms with van der Waals surface area (Å²) in [5, 5.41) is 0.600. The lowest BCUT2D eigenvalue weighted by Gasteiger charge is -2.31. The number of ether oxygens (including phenoxy) is 2. The third-order valence-electron chi connectivity index (χ3n) is 3.58. The van der Waals surface area contributed by atoms with Crippen LogP contribution in [0.4, 0.5) is 0 Å². The summed E-state index contributed by atoms with van der Waals surface area (Å²) in [6, 6.07) is 5.66. The van der Waals surface area contributed by atoms with E-state index >= 15 is 0 Å². The van der Waals surface area contributed by atoms with Gasteiger partial charge in [0.2, 0.25) is 0 Å². The predicted molar refractivity (Wildman–Crippen MR) is 81.4 cm³/mol. The van der Waals surface area contributed by atoms with E-state index in [2.05, 4.69) is 11.8 Å². The number of likely N-dealkylation sites (N-methyl/N-ethyl adjacent to an activating group) is 1. The molecule has 112 valence electrons. The van der Waals surface area contributed by atoms with E-state index in [-0.39, 0.29) is 12.1 Å². The molecule has 20 heavy (non-hydrogen) atoms. The standard InChI is InChI=1S/C15H23ClN2O2/c1-3-18-6-7-19-13(9-18)10-20-15-5-4-12(11(2)17)8-14(15)16/h4-5,8,11,13H,3,6-7,9-10,17H2,1-2H3/t11-,13?/m0/s1. The van der Waals surface area contributed by atoms with Crippen molar-refractivity contribution in [1.29, 1.82) is 0 Å². The van der Waals surface area contributed by atoms with Crippen LogP contribution >= 0.6 is 11.6 Å². The zero-order valence-electron chi connectivity index (χ0n) is 12.1.